The number of hydrogen-bond acceptors (Lipinski definition) is 2. The Morgan fingerprint density at radius 2 is 1.66 bits per heavy atom. The number of nitriles is 1. The van der Waals surface area contributed by atoms with E-state index in [2.05, 4.69) is 112 Å². The molecule has 0 fully saturated rings. The van der Waals surface area contributed by atoms with Crippen molar-refractivity contribution in [1.29, 1.82) is 5.26 Å². The summed E-state index contributed by atoms with van der Waals surface area (Å²) in [6.45, 7) is 2.34. The second kappa shape index (κ2) is 9.13. The maximum atomic E-state index is 9.00. The molecule has 0 radical (unpaired) electrons. The summed E-state index contributed by atoms with van der Waals surface area (Å²) >= 11 is 0. The Hall–Kier alpha value is -3.81. The van der Waals surface area contributed by atoms with E-state index in [1.54, 1.807) is 0 Å². The van der Waals surface area contributed by atoms with Crippen molar-refractivity contribution in [3.63, 3.8) is 0 Å². The molecule has 32 heavy (non-hydrogen) atoms. The van der Waals surface area contributed by atoms with Crippen LogP contribution in [0.15, 0.2) is 91.3 Å². The van der Waals surface area contributed by atoms with Gasteiger partial charge in [0, 0.05) is 59.8 Å². The van der Waals surface area contributed by atoms with E-state index in [9.17, 15) is 0 Å². The van der Waals surface area contributed by atoms with E-state index in [0.29, 0.717) is 6.42 Å². The molecule has 5 rings (SSSR count). The van der Waals surface area contributed by atoms with Gasteiger partial charge in [-0.05, 0) is 28.8 Å². The lowest BCUT2D eigenvalue weighted by molar-refractivity contribution is 0.637. The molecule has 0 saturated heterocycles. The summed E-state index contributed by atoms with van der Waals surface area (Å²) in [6.07, 6.45) is 4.86. The Labute approximate surface area is 188 Å². The van der Waals surface area contributed by atoms with Crippen molar-refractivity contribution in [3.05, 3.63) is 108 Å². The highest BCUT2D eigenvalue weighted by Gasteiger charge is 2.18. The highest BCUT2D eigenvalue weighted by molar-refractivity contribution is 5.85. The van der Waals surface area contributed by atoms with Crippen LogP contribution in [0.25, 0.3) is 21.8 Å². The number of nitrogens with one attached hydrogen (secondary N) is 2. The van der Waals surface area contributed by atoms with Crippen LogP contribution in [0.3, 0.4) is 0 Å². The third-order valence-corrected chi connectivity index (χ3v) is 6.20. The van der Waals surface area contributed by atoms with Gasteiger partial charge in [-0.1, -0.05) is 66.7 Å². The van der Waals surface area contributed by atoms with E-state index in [1.165, 1.54) is 38.5 Å². The van der Waals surface area contributed by atoms with Crippen LogP contribution in [0, 0.1) is 11.3 Å². The lowest BCUT2D eigenvalue weighted by atomic mass is 9.91. The maximum absolute atomic E-state index is 9.00. The second-order valence-electron chi connectivity index (χ2n) is 8.16. The number of nitrogens with zero attached hydrogens (tertiary/aromatic N) is 2. The number of aryl methyl sites for hydroxylation is 1. The van der Waals surface area contributed by atoms with E-state index < -0.39 is 0 Å². The van der Waals surface area contributed by atoms with Gasteiger partial charge < -0.3 is 14.9 Å². The number of para-hydroxylation sites is 2. The summed E-state index contributed by atoms with van der Waals surface area (Å²) in [5, 5.41) is 15.3. The zero-order chi connectivity index (χ0) is 21.8. The normalized spacial score (nSPS) is 12.2. The monoisotopic (exact) mass is 418 g/mol. The Bertz CT molecular complexity index is 1370. The molecule has 0 aliphatic carbocycles. The van der Waals surface area contributed by atoms with Crippen LogP contribution in [-0.4, -0.2) is 16.1 Å². The molecule has 0 aliphatic rings. The molecule has 4 heteroatoms. The molecule has 0 amide bonds. The van der Waals surface area contributed by atoms with Crippen LogP contribution in [0.5, 0.6) is 0 Å². The summed E-state index contributed by atoms with van der Waals surface area (Å²) in [4.78, 5) is 3.44. The lowest BCUT2D eigenvalue weighted by Gasteiger charge is -2.18. The predicted octanol–water partition coefficient (Wildman–Crippen LogP) is 5.96. The van der Waals surface area contributed by atoms with E-state index in [-0.39, 0.29) is 5.92 Å². The van der Waals surface area contributed by atoms with E-state index in [0.717, 1.165) is 19.6 Å². The molecule has 2 N–H and O–H groups in total. The fraction of sp³-hybridized carbons (Fsp3) is 0.179. The fourth-order valence-electron chi connectivity index (χ4n) is 4.65. The first-order chi connectivity index (χ1) is 15.8. The van der Waals surface area contributed by atoms with Gasteiger partial charge in [-0.25, -0.2) is 0 Å². The van der Waals surface area contributed by atoms with Gasteiger partial charge in [-0.3, -0.25) is 0 Å². The van der Waals surface area contributed by atoms with Crippen LogP contribution in [0.4, 0.5) is 0 Å². The van der Waals surface area contributed by atoms with Crippen molar-refractivity contribution in [2.75, 3.05) is 6.54 Å². The lowest BCUT2D eigenvalue weighted by Crippen LogP contribution is -2.22. The van der Waals surface area contributed by atoms with Gasteiger partial charge in [0.05, 0.1) is 12.5 Å². The molecule has 0 bridgehead atoms. The minimum absolute atomic E-state index is 0.249. The SMILES string of the molecule is N#CCCn1cc(CNCC(c2ccccc2)c2c[nH]c3ccccc23)c2ccccc21. The first-order valence-corrected chi connectivity index (χ1v) is 11.1. The quantitative estimate of drug-likeness (QED) is 0.327. The van der Waals surface area contributed by atoms with Crippen LogP contribution in [0.2, 0.25) is 0 Å². The third-order valence-electron chi connectivity index (χ3n) is 6.20. The van der Waals surface area contributed by atoms with Gasteiger partial charge >= 0.3 is 0 Å². The number of aromatic amines is 1. The highest BCUT2D eigenvalue weighted by atomic mass is 15.0. The van der Waals surface area contributed by atoms with Crippen molar-refractivity contribution in [1.82, 2.24) is 14.9 Å². The molecule has 0 spiro atoms. The van der Waals surface area contributed by atoms with Crippen molar-refractivity contribution < 1.29 is 0 Å². The van der Waals surface area contributed by atoms with E-state index >= 15 is 0 Å². The molecule has 2 heterocycles. The zero-order valence-electron chi connectivity index (χ0n) is 18.0. The number of aromatic nitrogens is 2. The van der Waals surface area contributed by atoms with E-state index in [4.69, 9.17) is 5.26 Å². The first kappa shape index (κ1) is 20.1. The Morgan fingerprint density at radius 3 is 2.50 bits per heavy atom. The molecule has 5 aromatic rings. The summed E-state index contributed by atoms with van der Waals surface area (Å²) in [6, 6.07) is 29.9. The summed E-state index contributed by atoms with van der Waals surface area (Å²) < 4.78 is 2.20. The molecule has 0 saturated carbocycles. The first-order valence-electron chi connectivity index (χ1n) is 11.1. The minimum atomic E-state index is 0.249. The number of benzene rings is 3. The molecule has 0 aliphatic heterocycles. The molecule has 158 valence electrons. The number of rotatable bonds is 8. The van der Waals surface area contributed by atoms with Gasteiger partial charge in [0.25, 0.3) is 0 Å². The third kappa shape index (κ3) is 3.91. The number of hydrogen-bond donors (Lipinski definition) is 2. The zero-order valence-corrected chi connectivity index (χ0v) is 18.0. The smallest absolute Gasteiger partial charge is 0.0640 e. The molecule has 4 nitrogen and oxygen atoms in total. The average molecular weight is 419 g/mol. The van der Waals surface area contributed by atoms with Crippen LogP contribution < -0.4 is 5.32 Å². The van der Waals surface area contributed by atoms with Crippen molar-refractivity contribution in [3.8, 4) is 6.07 Å². The van der Waals surface area contributed by atoms with Crippen molar-refractivity contribution in [2.45, 2.75) is 25.4 Å². The van der Waals surface area contributed by atoms with Crippen LogP contribution in [0.1, 0.15) is 29.0 Å². The predicted molar refractivity (Wildman–Crippen MR) is 130 cm³/mol. The molecular formula is C28H26N4. The molecular weight excluding hydrogens is 392 g/mol. The highest BCUT2D eigenvalue weighted by Crippen LogP contribution is 2.30. The van der Waals surface area contributed by atoms with Gasteiger partial charge in [0.2, 0.25) is 0 Å². The molecule has 3 aromatic carbocycles. The Morgan fingerprint density at radius 1 is 0.906 bits per heavy atom. The maximum Gasteiger partial charge on any atom is 0.0640 e. The molecule has 1 unspecified atom stereocenters. The van der Waals surface area contributed by atoms with Crippen molar-refractivity contribution >= 4 is 21.8 Å². The number of fused-ring (bicyclic) bond motifs is 2. The fourth-order valence-corrected chi connectivity index (χ4v) is 4.65. The Kier molecular flexibility index (Phi) is 5.74. The standard InChI is InChI=1S/C28H26N4/c29-15-8-16-32-20-22(23-11-5-7-14-28(23)32)17-30-18-25(21-9-2-1-3-10-21)26-19-31-27-13-6-4-12-24(26)27/h1-7,9-14,19-20,25,30-31H,8,16-18H2. The largest absolute Gasteiger partial charge is 0.361 e. The summed E-state index contributed by atoms with van der Waals surface area (Å²) in [7, 11) is 0. The minimum Gasteiger partial charge on any atom is -0.361 e. The van der Waals surface area contributed by atoms with Crippen LogP contribution >= 0.6 is 0 Å². The van der Waals surface area contributed by atoms with Gasteiger partial charge in [0.1, 0.15) is 0 Å². The topological polar surface area (TPSA) is 56.5 Å². The Balaban J connectivity index is 1.41. The number of H-pyrrole nitrogens is 1. The van der Waals surface area contributed by atoms with Gasteiger partial charge in [0.15, 0.2) is 0 Å². The molecule has 1 atom stereocenters. The van der Waals surface area contributed by atoms with Gasteiger partial charge in [-0.2, -0.15) is 5.26 Å². The summed E-state index contributed by atoms with van der Waals surface area (Å²) in [5.41, 5.74) is 6.25. The summed E-state index contributed by atoms with van der Waals surface area (Å²) in [5.74, 6) is 0.249. The van der Waals surface area contributed by atoms with Crippen molar-refractivity contribution in [2.24, 2.45) is 0 Å². The second-order valence-corrected chi connectivity index (χ2v) is 8.16. The molecule has 2 aromatic heterocycles. The van der Waals surface area contributed by atoms with Crippen LogP contribution in [-0.2, 0) is 13.1 Å². The average Bonchev–Trinajstić information content (AvgIpc) is 3.43. The van der Waals surface area contributed by atoms with Gasteiger partial charge in [-0.15, -0.1) is 0 Å². The van der Waals surface area contributed by atoms with E-state index in [1.807, 2.05) is 0 Å².